The van der Waals surface area contributed by atoms with Gasteiger partial charge in [-0.2, -0.15) is 86.4 Å². The lowest BCUT2D eigenvalue weighted by atomic mass is 10.4. The van der Waals surface area contributed by atoms with Crippen LogP contribution in [-0.4, -0.2) is 110 Å². The monoisotopic (exact) mass is 880 g/mol. The van der Waals surface area contributed by atoms with Crippen LogP contribution in [0.3, 0.4) is 0 Å². The summed E-state index contributed by atoms with van der Waals surface area (Å²) in [4.78, 5) is 4.38. The maximum Gasteiger partial charge on any atom is 0.524 e. The third-order valence-corrected chi connectivity index (χ3v) is 7.57. The van der Waals surface area contributed by atoms with E-state index in [0.717, 1.165) is 0 Å². The van der Waals surface area contributed by atoms with Gasteiger partial charge in [-0.3, -0.25) is 8.37 Å². The van der Waals surface area contributed by atoms with Gasteiger partial charge in [0.15, 0.2) is 0 Å². The molecule has 0 bridgehead atoms. The molecule has 0 amide bonds. The number of rotatable bonds is 12. The third-order valence-electron chi connectivity index (χ3n) is 2.90. The Kier molecular flexibility index (Phi) is 26.1. The van der Waals surface area contributed by atoms with Crippen molar-refractivity contribution in [1.29, 1.82) is 0 Å². The highest BCUT2D eigenvalue weighted by Crippen LogP contribution is 2.32. The van der Waals surface area contributed by atoms with Crippen LogP contribution in [0.2, 0.25) is 0 Å². The topological polar surface area (TPSA) is 302 Å². The summed E-state index contributed by atoms with van der Waals surface area (Å²) >= 11 is 9.53. The largest absolute Gasteiger partial charge is 0.524 e. The molecular weight excluding hydrogens is 863 g/mol. The highest BCUT2D eigenvalue weighted by Gasteiger charge is 2.57. The van der Waals surface area contributed by atoms with E-state index >= 15 is 0 Å². The van der Waals surface area contributed by atoms with Crippen molar-refractivity contribution in [3.8, 4) is 0 Å². The van der Waals surface area contributed by atoms with Crippen LogP contribution < -0.4 is 0 Å². The van der Waals surface area contributed by atoms with Crippen molar-refractivity contribution in [2.24, 2.45) is 10.2 Å². The van der Waals surface area contributed by atoms with Crippen molar-refractivity contribution in [3.05, 3.63) is 20.9 Å². The van der Waals surface area contributed by atoms with E-state index in [1.54, 1.807) is 0 Å². The standard InChI is InChI=1S/C5H5F6N3O6S2.C3H7N3O2.C2F6O5S2.CH2Cl2.CH4/c6-4(7,8)21(15,16)19-2-3(1-13-14-12)20-22(17,18)5(9,10)11;4-6-5-1-3(8)2-7;3-1(4,5)14(9,10)13-15(11,12)2(6,7)8;2-1-3;/h3H,1-2H2;3,7-8H,1-2H2;;1H2;1H4. The van der Waals surface area contributed by atoms with Crippen LogP contribution >= 0.6 is 23.2 Å². The number of aliphatic hydroxyl groups excluding tert-OH is 2. The molecule has 2 atom stereocenters. The van der Waals surface area contributed by atoms with Crippen molar-refractivity contribution in [3.63, 3.8) is 0 Å². The molecule has 0 aromatic rings. The smallest absolute Gasteiger partial charge is 0.394 e. The Balaban J connectivity index is -0.000000206. The van der Waals surface area contributed by atoms with E-state index in [4.69, 9.17) is 44.5 Å². The quantitative estimate of drug-likeness (QED) is 0.0537. The maximum absolute atomic E-state index is 12.0. The van der Waals surface area contributed by atoms with Gasteiger partial charge < -0.3 is 10.2 Å². The third kappa shape index (κ3) is 23.9. The molecule has 49 heavy (non-hydrogen) atoms. The molecule has 0 heterocycles. The molecule has 0 aromatic carbocycles. The minimum atomic E-state index is -6.85. The predicted octanol–water partition coefficient (Wildman–Crippen LogP) is 3.81. The van der Waals surface area contributed by atoms with Crippen molar-refractivity contribution in [2.45, 2.75) is 41.7 Å². The van der Waals surface area contributed by atoms with Gasteiger partial charge in [-0.05, 0) is 11.1 Å². The number of hydrogen-bond donors (Lipinski definition) is 2. The molecule has 37 heteroatoms. The second kappa shape index (κ2) is 22.7. The Morgan fingerprint density at radius 2 is 0.959 bits per heavy atom. The van der Waals surface area contributed by atoms with E-state index in [1.807, 2.05) is 8.54 Å². The Morgan fingerprint density at radius 1 is 0.653 bits per heavy atom. The molecule has 2 N–H and O–H groups in total. The lowest BCUT2D eigenvalue weighted by Gasteiger charge is -2.17. The summed E-state index contributed by atoms with van der Waals surface area (Å²) in [6, 6.07) is 0. The van der Waals surface area contributed by atoms with Crippen LogP contribution in [0, 0.1) is 0 Å². The van der Waals surface area contributed by atoms with Crippen LogP contribution in [0.4, 0.5) is 52.7 Å². The fourth-order valence-electron chi connectivity index (χ4n) is 1.09. The molecule has 0 radical (unpaired) electrons. The Morgan fingerprint density at radius 3 is 1.22 bits per heavy atom. The van der Waals surface area contributed by atoms with Gasteiger partial charge in [0, 0.05) is 9.82 Å². The average molecular weight is 881 g/mol. The summed E-state index contributed by atoms with van der Waals surface area (Å²) in [5.74, 6) is 0. The molecule has 2 unspecified atom stereocenters. The van der Waals surface area contributed by atoms with Gasteiger partial charge in [-0.1, -0.05) is 17.7 Å². The first kappa shape index (κ1) is 56.3. The van der Waals surface area contributed by atoms with Gasteiger partial charge >= 0.3 is 62.5 Å². The van der Waals surface area contributed by atoms with Crippen LogP contribution in [0.1, 0.15) is 7.43 Å². The first-order chi connectivity index (χ1) is 21.1. The highest BCUT2D eigenvalue weighted by molar-refractivity contribution is 8.00. The average Bonchev–Trinajstić information content (AvgIpc) is 2.86. The van der Waals surface area contributed by atoms with Gasteiger partial charge in [-0.25, -0.2) is 0 Å². The zero-order valence-electron chi connectivity index (χ0n) is 21.7. The highest BCUT2D eigenvalue weighted by atomic mass is 35.5. The van der Waals surface area contributed by atoms with Gasteiger partial charge in [0.05, 0.1) is 37.7 Å². The second-order valence-electron chi connectivity index (χ2n) is 6.43. The lowest BCUT2D eigenvalue weighted by Crippen LogP contribution is -2.36. The number of aliphatic hydroxyl groups is 2. The van der Waals surface area contributed by atoms with Gasteiger partial charge in [0.2, 0.25) is 0 Å². The normalized spacial score (nSPS) is 13.9. The maximum atomic E-state index is 12.0. The van der Waals surface area contributed by atoms with E-state index in [1.165, 1.54) is 0 Å². The first-order valence-corrected chi connectivity index (χ1v) is 16.5. The second-order valence-corrected chi connectivity index (χ2v) is 13.7. The summed E-state index contributed by atoms with van der Waals surface area (Å²) in [6.45, 7) is -3.44. The summed E-state index contributed by atoms with van der Waals surface area (Å²) in [5.41, 5.74) is -8.73. The van der Waals surface area contributed by atoms with E-state index in [9.17, 15) is 86.4 Å². The van der Waals surface area contributed by atoms with Gasteiger partial charge in [0.1, 0.15) is 6.10 Å². The van der Waals surface area contributed by atoms with E-state index in [2.05, 4.69) is 23.5 Å². The van der Waals surface area contributed by atoms with Crippen LogP contribution in [-0.2, 0) is 52.5 Å². The fraction of sp³-hybridized carbons (Fsp3) is 1.00. The molecule has 0 rings (SSSR count). The van der Waals surface area contributed by atoms with Gasteiger partial charge in [0.25, 0.3) is 0 Å². The summed E-state index contributed by atoms with van der Waals surface area (Å²) in [5, 5.41) is 22.4. The van der Waals surface area contributed by atoms with E-state index < -0.39 is 87.9 Å². The number of azide groups is 2. The minimum Gasteiger partial charge on any atom is -0.394 e. The van der Waals surface area contributed by atoms with Crippen molar-refractivity contribution >= 4 is 63.7 Å². The molecule has 0 aliphatic heterocycles. The number of alkyl halides is 14. The fourth-order valence-corrected chi connectivity index (χ4v) is 3.70. The zero-order chi connectivity index (χ0) is 39.6. The van der Waals surface area contributed by atoms with Crippen LogP contribution in [0.25, 0.3) is 20.9 Å². The molecule has 19 nitrogen and oxygen atoms in total. The van der Waals surface area contributed by atoms with Gasteiger partial charge in [-0.15, -0.1) is 26.8 Å². The summed E-state index contributed by atoms with van der Waals surface area (Å²) in [6.07, 6.45) is -3.36. The molecule has 0 aromatic heterocycles. The number of halogens is 14. The first-order valence-electron chi connectivity index (χ1n) is 9.78. The molecule has 0 spiro atoms. The summed E-state index contributed by atoms with van der Waals surface area (Å²) in [7, 11) is -26.2. The molecule has 0 saturated heterocycles. The number of hydrogen-bond acceptors (Lipinski definition) is 15. The molecule has 0 aliphatic carbocycles. The molecular formula is C12H18Cl2F12N6O13S4. The van der Waals surface area contributed by atoms with Crippen LogP contribution in [0.5, 0.6) is 0 Å². The van der Waals surface area contributed by atoms with Crippen molar-refractivity contribution in [2.75, 3.05) is 31.6 Å². The minimum absolute atomic E-state index is 0. The SMILES string of the molecule is C.ClCCl.O=S(=O)(OS(=O)(=O)C(F)(F)F)C(F)(F)F.[N-]=[N+]=NCC(COS(=O)(=O)C(F)(F)F)OS(=O)(=O)C(F)(F)F.[N-]=[N+]=NCC(O)CO. The number of nitrogens with zero attached hydrogens (tertiary/aromatic N) is 6. The van der Waals surface area contributed by atoms with Crippen LogP contribution in [0.15, 0.2) is 10.2 Å². The lowest BCUT2D eigenvalue weighted by molar-refractivity contribution is -0.0626. The van der Waals surface area contributed by atoms with E-state index in [0.29, 0.717) is 0 Å². The van der Waals surface area contributed by atoms with E-state index in [-0.39, 0.29) is 25.9 Å². The summed E-state index contributed by atoms with van der Waals surface area (Å²) < 4.78 is 231. The predicted molar refractivity (Wildman–Crippen MR) is 136 cm³/mol. The van der Waals surface area contributed by atoms with Crippen molar-refractivity contribution < 1.29 is 109 Å². The Bertz CT molecular complexity index is 1470. The molecule has 0 saturated carbocycles. The van der Waals surface area contributed by atoms with Crippen molar-refractivity contribution in [1.82, 2.24) is 0 Å². The molecule has 0 fully saturated rings. The molecule has 0 aliphatic rings. The Hall–Kier alpha value is -2.04. The zero-order valence-corrected chi connectivity index (χ0v) is 26.5. The molecule has 296 valence electrons. The Labute approximate surface area is 276 Å².